The third kappa shape index (κ3) is 2.37. The van der Waals surface area contributed by atoms with Crippen molar-refractivity contribution in [3.05, 3.63) is 41.0 Å². The quantitative estimate of drug-likeness (QED) is 0.651. The molecule has 1 aromatic rings. The van der Waals surface area contributed by atoms with Crippen LogP contribution in [-0.2, 0) is 6.42 Å². The minimum absolute atomic E-state index is 1.15. The third-order valence-electron chi connectivity index (χ3n) is 3.72. The summed E-state index contributed by atoms with van der Waals surface area (Å²) < 4.78 is 0. The summed E-state index contributed by atoms with van der Waals surface area (Å²) in [5, 5.41) is 0. The van der Waals surface area contributed by atoms with Gasteiger partial charge in [-0.15, -0.1) is 0 Å². The first-order valence-corrected chi connectivity index (χ1v) is 6.60. The highest BCUT2D eigenvalue weighted by atomic mass is 14.2. The molecule has 0 nitrogen and oxygen atoms in total. The minimum Gasteiger partial charge on any atom is -0.0695 e. The van der Waals surface area contributed by atoms with E-state index >= 15 is 0 Å². The first-order chi connectivity index (χ1) is 7.83. The van der Waals surface area contributed by atoms with E-state index in [2.05, 4.69) is 38.1 Å². The summed E-state index contributed by atoms with van der Waals surface area (Å²) in [6.07, 6.45) is 7.87. The summed E-state index contributed by atoms with van der Waals surface area (Å²) in [5.74, 6) is 0. The van der Waals surface area contributed by atoms with Crippen molar-refractivity contribution in [1.29, 1.82) is 0 Å². The second-order valence-electron chi connectivity index (χ2n) is 4.83. The van der Waals surface area contributed by atoms with Crippen LogP contribution < -0.4 is 0 Å². The molecular formula is C16H22. The smallest absolute Gasteiger partial charge is 0.0193 e. The molecule has 0 saturated heterocycles. The molecule has 0 bridgehead atoms. The molecule has 0 heterocycles. The highest BCUT2D eigenvalue weighted by molar-refractivity contribution is 5.71. The Morgan fingerprint density at radius 3 is 2.56 bits per heavy atom. The van der Waals surface area contributed by atoms with E-state index in [4.69, 9.17) is 0 Å². The largest absolute Gasteiger partial charge is 0.0695 e. The molecule has 0 fully saturated rings. The molecule has 2 rings (SSSR count). The van der Waals surface area contributed by atoms with E-state index in [0.29, 0.717) is 0 Å². The summed E-state index contributed by atoms with van der Waals surface area (Å²) in [5.41, 5.74) is 6.29. The van der Waals surface area contributed by atoms with Gasteiger partial charge in [0, 0.05) is 0 Å². The normalized spacial score (nSPS) is 17.4. The monoisotopic (exact) mass is 214 g/mol. The highest BCUT2D eigenvalue weighted by Gasteiger charge is 2.12. The molecule has 16 heavy (non-hydrogen) atoms. The van der Waals surface area contributed by atoms with Crippen molar-refractivity contribution in [3.8, 4) is 0 Å². The van der Waals surface area contributed by atoms with Gasteiger partial charge in [0.1, 0.15) is 0 Å². The zero-order valence-corrected chi connectivity index (χ0v) is 10.6. The second-order valence-corrected chi connectivity index (χ2v) is 4.83. The fourth-order valence-corrected chi connectivity index (χ4v) is 2.72. The summed E-state index contributed by atoms with van der Waals surface area (Å²) in [7, 11) is 0. The fourth-order valence-electron chi connectivity index (χ4n) is 2.72. The van der Waals surface area contributed by atoms with Crippen LogP contribution in [0.3, 0.4) is 0 Å². The number of allylic oxidation sites excluding steroid dienone is 2. The molecule has 0 radical (unpaired) electrons. The first-order valence-electron chi connectivity index (χ1n) is 6.60. The molecule has 86 valence electrons. The summed E-state index contributed by atoms with van der Waals surface area (Å²) in [6, 6.07) is 8.93. The van der Waals surface area contributed by atoms with Gasteiger partial charge in [-0.3, -0.25) is 0 Å². The summed E-state index contributed by atoms with van der Waals surface area (Å²) in [4.78, 5) is 0. The molecule has 0 atom stereocenters. The standard InChI is InChI=1S/C16H22/c1-3-14-10-7-8-12-16(14)15-11-6-4-5-9-13(15)2/h7-8,10,12H,3-6,9,11H2,1-2H3. The van der Waals surface area contributed by atoms with Crippen LogP contribution in [0.2, 0.25) is 0 Å². The molecule has 1 aliphatic rings. The van der Waals surface area contributed by atoms with E-state index in [9.17, 15) is 0 Å². The van der Waals surface area contributed by atoms with Crippen molar-refractivity contribution < 1.29 is 0 Å². The Hall–Kier alpha value is -1.04. The van der Waals surface area contributed by atoms with Crippen molar-refractivity contribution in [2.24, 2.45) is 0 Å². The zero-order chi connectivity index (χ0) is 11.4. The van der Waals surface area contributed by atoms with Gasteiger partial charge in [-0.2, -0.15) is 0 Å². The molecule has 0 aliphatic heterocycles. The average Bonchev–Trinajstić information content (AvgIpc) is 2.54. The molecule has 1 aliphatic carbocycles. The lowest BCUT2D eigenvalue weighted by atomic mass is 9.92. The Kier molecular flexibility index (Phi) is 3.82. The molecule has 0 spiro atoms. The average molecular weight is 214 g/mol. The molecule has 0 amide bonds. The van der Waals surface area contributed by atoms with E-state index in [1.807, 2.05) is 0 Å². The van der Waals surface area contributed by atoms with Gasteiger partial charge in [-0.25, -0.2) is 0 Å². The summed E-state index contributed by atoms with van der Waals surface area (Å²) >= 11 is 0. The van der Waals surface area contributed by atoms with Crippen molar-refractivity contribution in [3.63, 3.8) is 0 Å². The van der Waals surface area contributed by atoms with Gasteiger partial charge in [0.15, 0.2) is 0 Å². The maximum atomic E-state index is 2.33. The predicted octanol–water partition coefficient (Wildman–Crippen LogP) is 4.99. The van der Waals surface area contributed by atoms with Gasteiger partial charge in [-0.1, -0.05) is 43.2 Å². The van der Waals surface area contributed by atoms with Crippen molar-refractivity contribution >= 4 is 5.57 Å². The van der Waals surface area contributed by atoms with Crippen LogP contribution >= 0.6 is 0 Å². The minimum atomic E-state index is 1.15. The van der Waals surface area contributed by atoms with Gasteiger partial charge in [-0.05, 0) is 55.7 Å². The van der Waals surface area contributed by atoms with Gasteiger partial charge in [0.25, 0.3) is 0 Å². The molecule has 0 saturated carbocycles. The van der Waals surface area contributed by atoms with Crippen molar-refractivity contribution in [1.82, 2.24) is 0 Å². The van der Waals surface area contributed by atoms with Crippen LogP contribution in [0.1, 0.15) is 57.1 Å². The maximum Gasteiger partial charge on any atom is -0.0193 e. The maximum absolute atomic E-state index is 2.33. The lowest BCUT2D eigenvalue weighted by molar-refractivity contribution is 0.712. The number of rotatable bonds is 2. The molecular weight excluding hydrogens is 192 g/mol. The van der Waals surface area contributed by atoms with Crippen molar-refractivity contribution in [2.45, 2.75) is 52.4 Å². The number of hydrogen-bond acceptors (Lipinski definition) is 0. The fraction of sp³-hybridized carbons (Fsp3) is 0.500. The van der Waals surface area contributed by atoms with E-state index in [1.165, 1.54) is 43.2 Å². The van der Waals surface area contributed by atoms with Crippen molar-refractivity contribution in [2.75, 3.05) is 0 Å². The lowest BCUT2D eigenvalue weighted by Gasteiger charge is -2.13. The molecule has 0 unspecified atom stereocenters. The Bertz CT molecular complexity index is 385. The van der Waals surface area contributed by atoms with Gasteiger partial charge >= 0.3 is 0 Å². The molecule has 0 heteroatoms. The van der Waals surface area contributed by atoms with E-state index in [1.54, 1.807) is 11.1 Å². The third-order valence-corrected chi connectivity index (χ3v) is 3.72. The van der Waals surface area contributed by atoms with Crippen LogP contribution in [0.4, 0.5) is 0 Å². The Balaban J connectivity index is 2.41. The topological polar surface area (TPSA) is 0 Å². The summed E-state index contributed by atoms with van der Waals surface area (Å²) in [6.45, 7) is 4.58. The second kappa shape index (κ2) is 5.34. The van der Waals surface area contributed by atoms with Gasteiger partial charge in [0.2, 0.25) is 0 Å². The predicted molar refractivity (Wildman–Crippen MR) is 71.5 cm³/mol. The zero-order valence-electron chi connectivity index (χ0n) is 10.6. The lowest BCUT2D eigenvalue weighted by Crippen LogP contribution is -1.94. The van der Waals surface area contributed by atoms with Crippen LogP contribution in [-0.4, -0.2) is 0 Å². The highest BCUT2D eigenvalue weighted by Crippen LogP contribution is 2.32. The number of benzene rings is 1. The van der Waals surface area contributed by atoms with E-state index < -0.39 is 0 Å². The Morgan fingerprint density at radius 2 is 1.75 bits per heavy atom. The van der Waals surface area contributed by atoms with E-state index in [-0.39, 0.29) is 0 Å². The molecule has 0 N–H and O–H groups in total. The molecule has 0 aromatic heterocycles. The van der Waals surface area contributed by atoms with Gasteiger partial charge < -0.3 is 0 Å². The number of hydrogen-bond donors (Lipinski definition) is 0. The van der Waals surface area contributed by atoms with Crippen LogP contribution in [0.5, 0.6) is 0 Å². The SMILES string of the molecule is CCc1ccccc1C1=C(C)CCCCC1. The Labute approximate surface area is 99.4 Å². The van der Waals surface area contributed by atoms with Crippen LogP contribution in [0.25, 0.3) is 5.57 Å². The van der Waals surface area contributed by atoms with Crippen LogP contribution in [0.15, 0.2) is 29.8 Å². The van der Waals surface area contributed by atoms with Gasteiger partial charge in [0.05, 0.1) is 0 Å². The first kappa shape index (κ1) is 11.4. The van der Waals surface area contributed by atoms with Crippen LogP contribution in [0, 0.1) is 0 Å². The number of aryl methyl sites for hydroxylation is 1. The molecule has 1 aromatic carbocycles. The Morgan fingerprint density at radius 1 is 1.00 bits per heavy atom. The van der Waals surface area contributed by atoms with E-state index in [0.717, 1.165) is 6.42 Å².